The molecule has 0 radical (unpaired) electrons. The largest absolute Gasteiger partial charge is 0.337 e. The van der Waals surface area contributed by atoms with Gasteiger partial charge in [-0.15, -0.1) is 11.3 Å². The first kappa shape index (κ1) is 17.2. The molecule has 26 heavy (non-hydrogen) atoms. The Hall–Kier alpha value is -2.18. The van der Waals surface area contributed by atoms with Crippen LogP contribution in [0.25, 0.3) is 0 Å². The fourth-order valence-corrected chi connectivity index (χ4v) is 4.46. The Balaban J connectivity index is 1.41. The zero-order chi connectivity index (χ0) is 17.9. The Morgan fingerprint density at radius 3 is 2.69 bits per heavy atom. The lowest BCUT2D eigenvalue weighted by Gasteiger charge is -2.23. The number of thiophene rings is 1. The van der Waals surface area contributed by atoms with Crippen LogP contribution in [-0.4, -0.2) is 53.8 Å². The molecule has 136 valence electrons. The lowest BCUT2D eigenvalue weighted by Crippen LogP contribution is -2.37. The van der Waals surface area contributed by atoms with Crippen molar-refractivity contribution in [3.63, 3.8) is 0 Å². The van der Waals surface area contributed by atoms with E-state index in [4.69, 9.17) is 0 Å². The van der Waals surface area contributed by atoms with E-state index >= 15 is 0 Å². The molecule has 2 saturated heterocycles. The van der Waals surface area contributed by atoms with E-state index in [1.807, 2.05) is 34.5 Å². The van der Waals surface area contributed by atoms with Crippen LogP contribution < -0.4 is 5.32 Å². The van der Waals surface area contributed by atoms with Gasteiger partial charge in [0.25, 0.3) is 11.8 Å². The molecule has 0 spiro atoms. The fourth-order valence-electron chi connectivity index (χ4n) is 3.84. The molecule has 2 aliphatic heterocycles. The van der Waals surface area contributed by atoms with E-state index in [9.17, 15) is 9.59 Å². The molecule has 2 aromatic rings. The van der Waals surface area contributed by atoms with Crippen LogP contribution in [0.15, 0.2) is 41.8 Å². The number of rotatable bonds is 4. The molecule has 0 saturated carbocycles. The average Bonchev–Trinajstić information content (AvgIpc) is 3.43. The zero-order valence-corrected chi connectivity index (χ0v) is 15.5. The maximum atomic E-state index is 12.9. The quantitative estimate of drug-likeness (QED) is 0.900. The Labute approximate surface area is 157 Å². The van der Waals surface area contributed by atoms with Crippen molar-refractivity contribution in [2.45, 2.75) is 25.3 Å². The van der Waals surface area contributed by atoms with Gasteiger partial charge in [-0.2, -0.15) is 0 Å². The minimum absolute atomic E-state index is 0.0546. The molecule has 1 atom stereocenters. The van der Waals surface area contributed by atoms with Crippen molar-refractivity contribution in [1.82, 2.24) is 9.80 Å². The first-order chi connectivity index (χ1) is 12.7. The summed E-state index contributed by atoms with van der Waals surface area (Å²) in [5.41, 5.74) is 1.29. The second kappa shape index (κ2) is 7.60. The van der Waals surface area contributed by atoms with E-state index in [1.54, 1.807) is 12.1 Å². The summed E-state index contributed by atoms with van der Waals surface area (Å²) in [5.74, 6) is -0.0845. The number of likely N-dealkylation sites (tertiary alicyclic amines) is 2. The van der Waals surface area contributed by atoms with Crippen molar-refractivity contribution in [3.05, 3.63) is 52.2 Å². The van der Waals surface area contributed by atoms with Crippen molar-refractivity contribution >= 4 is 28.8 Å². The normalized spacial score (nSPS) is 20.5. The number of carbonyl (C=O) groups is 2. The average molecular weight is 369 g/mol. The number of anilines is 1. The van der Waals surface area contributed by atoms with Crippen LogP contribution in [-0.2, 0) is 0 Å². The standard InChI is InChI=1S/C20H23N3O2S/c24-19(18-7-4-12-26-18)21-16-6-3-5-15(13-16)20(25)23-11-8-17(14-23)22-9-1-2-10-22/h3-7,12-13,17H,1-2,8-11,14H2,(H,21,24). The minimum Gasteiger partial charge on any atom is -0.337 e. The second-order valence-electron chi connectivity index (χ2n) is 6.95. The first-order valence-electron chi connectivity index (χ1n) is 9.19. The Kier molecular flexibility index (Phi) is 5.04. The summed E-state index contributed by atoms with van der Waals surface area (Å²) < 4.78 is 0. The van der Waals surface area contributed by atoms with Crippen molar-refractivity contribution < 1.29 is 9.59 Å². The Bertz CT molecular complexity index is 784. The zero-order valence-electron chi connectivity index (χ0n) is 14.7. The van der Waals surface area contributed by atoms with Crippen LogP contribution in [0.3, 0.4) is 0 Å². The van der Waals surface area contributed by atoms with Gasteiger partial charge < -0.3 is 10.2 Å². The van der Waals surface area contributed by atoms with Crippen LogP contribution in [0, 0.1) is 0 Å². The van der Waals surface area contributed by atoms with Gasteiger partial charge in [-0.3, -0.25) is 14.5 Å². The molecule has 0 bridgehead atoms. The van der Waals surface area contributed by atoms with E-state index in [-0.39, 0.29) is 11.8 Å². The molecule has 1 unspecified atom stereocenters. The van der Waals surface area contributed by atoms with E-state index < -0.39 is 0 Å². The summed E-state index contributed by atoms with van der Waals surface area (Å²) in [7, 11) is 0. The summed E-state index contributed by atoms with van der Waals surface area (Å²) in [6.45, 7) is 3.95. The number of amides is 2. The molecular formula is C20H23N3O2S. The van der Waals surface area contributed by atoms with Crippen molar-refractivity contribution in [1.29, 1.82) is 0 Å². The fraction of sp³-hybridized carbons (Fsp3) is 0.400. The molecule has 5 nitrogen and oxygen atoms in total. The number of hydrogen-bond donors (Lipinski definition) is 1. The number of benzene rings is 1. The second-order valence-corrected chi connectivity index (χ2v) is 7.90. The third-order valence-electron chi connectivity index (χ3n) is 5.22. The highest BCUT2D eigenvalue weighted by Crippen LogP contribution is 2.23. The lowest BCUT2D eigenvalue weighted by molar-refractivity contribution is 0.0779. The van der Waals surface area contributed by atoms with Gasteiger partial charge in [-0.1, -0.05) is 12.1 Å². The third kappa shape index (κ3) is 3.66. The summed E-state index contributed by atoms with van der Waals surface area (Å²) in [6, 6.07) is 11.4. The van der Waals surface area contributed by atoms with Gasteiger partial charge in [0.2, 0.25) is 0 Å². The highest BCUT2D eigenvalue weighted by atomic mass is 32.1. The molecule has 1 aromatic carbocycles. The van der Waals surface area contributed by atoms with Gasteiger partial charge in [0.05, 0.1) is 4.88 Å². The van der Waals surface area contributed by atoms with Gasteiger partial charge in [-0.25, -0.2) is 0 Å². The van der Waals surface area contributed by atoms with Gasteiger partial charge in [-0.05, 0) is 62.0 Å². The SMILES string of the molecule is O=C(Nc1cccc(C(=O)N2CCC(N3CCCC3)C2)c1)c1cccs1. The van der Waals surface area contributed by atoms with E-state index in [0.717, 1.165) is 32.6 Å². The number of carbonyl (C=O) groups excluding carboxylic acids is 2. The molecule has 6 heteroatoms. The van der Waals surface area contributed by atoms with E-state index in [0.29, 0.717) is 22.2 Å². The minimum atomic E-state index is -0.139. The number of nitrogens with zero attached hydrogens (tertiary/aromatic N) is 2. The molecule has 2 fully saturated rings. The molecule has 0 aliphatic carbocycles. The molecule has 2 aliphatic rings. The van der Waals surface area contributed by atoms with Gasteiger partial charge in [0.1, 0.15) is 0 Å². The van der Waals surface area contributed by atoms with Crippen molar-refractivity contribution in [2.24, 2.45) is 0 Å². The van der Waals surface area contributed by atoms with Crippen LogP contribution in [0.4, 0.5) is 5.69 Å². The van der Waals surface area contributed by atoms with Crippen LogP contribution in [0.1, 0.15) is 39.3 Å². The van der Waals surface area contributed by atoms with Crippen LogP contribution in [0.2, 0.25) is 0 Å². The highest BCUT2D eigenvalue weighted by molar-refractivity contribution is 7.12. The Morgan fingerprint density at radius 1 is 1.08 bits per heavy atom. The van der Waals surface area contributed by atoms with E-state index in [2.05, 4.69) is 10.2 Å². The monoisotopic (exact) mass is 369 g/mol. The van der Waals surface area contributed by atoms with Crippen molar-refractivity contribution in [3.8, 4) is 0 Å². The summed E-state index contributed by atoms with van der Waals surface area (Å²) in [4.78, 5) is 30.2. The summed E-state index contributed by atoms with van der Waals surface area (Å²) in [6.07, 6.45) is 3.60. The molecule has 4 rings (SSSR count). The van der Waals surface area contributed by atoms with Gasteiger partial charge >= 0.3 is 0 Å². The van der Waals surface area contributed by atoms with Crippen LogP contribution in [0.5, 0.6) is 0 Å². The third-order valence-corrected chi connectivity index (χ3v) is 6.09. The highest BCUT2D eigenvalue weighted by Gasteiger charge is 2.31. The molecule has 1 aromatic heterocycles. The predicted molar refractivity (Wildman–Crippen MR) is 104 cm³/mol. The smallest absolute Gasteiger partial charge is 0.265 e. The van der Waals surface area contributed by atoms with Crippen LogP contribution >= 0.6 is 11.3 Å². The maximum absolute atomic E-state index is 12.9. The topological polar surface area (TPSA) is 52.7 Å². The summed E-state index contributed by atoms with van der Waals surface area (Å²) >= 11 is 1.40. The Morgan fingerprint density at radius 2 is 1.92 bits per heavy atom. The lowest BCUT2D eigenvalue weighted by atomic mass is 10.1. The van der Waals surface area contributed by atoms with Gasteiger partial charge in [0.15, 0.2) is 0 Å². The maximum Gasteiger partial charge on any atom is 0.265 e. The number of nitrogens with one attached hydrogen (secondary N) is 1. The molecule has 3 heterocycles. The molecule has 1 N–H and O–H groups in total. The number of hydrogen-bond acceptors (Lipinski definition) is 4. The first-order valence-corrected chi connectivity index (χ1v) is 10.1. The molecule has 2 amide bonds. The van der Waals surface area contributed by atoms with Crippen molar-refractivity contribution in [2.75, 3.05) is 31.5 Å². The van der Waals surface area contributed by atoms with E-state index in [1.165, 1.54) is 24.2 Å². The molecular weight excluding hydrogens is 346 g/mol. The predicted octanol–water partition coefficient (Wildman–Crippen LogP) is 3.31. The van der Waals surface area contributed by atoms with Gasteiger partial charge in [0, 0.05) is 30.4 Å². The summed E-state index contributed by atoms with van der Waals surface area (Å²) in [5, 5.41) is 4.75.